The fourth-order valence-corrected chi connectivity index (χ4v) is 3.68. The summed E-state index contributed by atoms with van der Waals surface area (Å²) in [6.07, 6.45) is 4.22. The molecule has 0 saturated carbocycles. The Morgan fingerprint density at radius 1 is 1.12 bits per heavy atom. The number of rotatable bonds is 4. The highest BCUT2D eigenvalue weighted by Gasteiger charge is 2.15. The molecule has 0 spiro atoms. The number of pyridine rings is 1. The van der Waals surface area contributed by atoms with Crippen LogP contribution >= 0.6 is 11.3 Å². The summed E-state index contributed by atoms with van der Waals surface area (Å²) in [5.41, 5.74) is 1.75. The lowest BCUT2D eigenvalue weighted by Gasteiger charge is -2.15. The van der Waals surface area contributed by atoms with Crippen LogP contribution in [0, 0.1) is 5.82 Å². The molecule has 1 aliphatic rings. The summed E-state index contributed by atoms with van der Waals surface area (Å²) in [5, 5.41) is 5.17. The molecule has 7 heteroatoms. The molecule has 1 aliphatic heterocycles. The molecule has 5 nitrogen and oxygen atoms in total. The van der Waals surface area contributed by atoms with Gasteiger partial charge in [0, 0.05) is 35.9 Å². The van der Waals surface area contributed by atoms with E-state index in [0.717, 1.165) is 29.5 Å². The predicted octanol–water partition coefficient (Wildman–Crippen LogP) is 4.20. The van der Waals surface area contributed by atoms with Crippen molar-refractivity contribution < 1.29 is 9.18 Å². The fourth-order valence-electron chi connectivity index (χ4n) is 2.88. The van der Waals surface area contributed by atoms with Crippen molar-refractivity contribution in [1.29, 1.82) is 0 Å². The van der Waals surface area contributed by atoms with Crippen LogP contribution < -0.4 is 10.2 Å². The van der Waals surface area contributed by atoms with Crippen LogP contribution in [-0.4, -0.2) is 29.0 Å². The third kappa shape index (κ3) is 3.57. The van der Waals surface area contributed by atoms with Crippen molar-refractivity contribution in [3.8, 4) is 10.6 Å². The molecule has 1 fully saturated rings. The molecule has 1 amide bonds. The van der Waals surface area contributed by atoms with Crippen molar-refractivity contribution in [3.05, 3.63) is 59.5 Å². The van der Waals surface area contributed by atoms with Gasteiger partial charge in [0.15, 0.2) is 0 Å². The number of thiazole rings is 1. The van der Waals surface area contributed by atoms with E-state index >= 15 is 0 Å². The highest BCUT2D eigenvalue weighted by atomic mass is 32.1. The van der Waals surface area contributed by atoms with Crippen LogP contribution in [-0.2, 0) is 0 Å². The molecule has 1 saturated heterocycles. The second-order valence-electron chi connectivity index (χ2n) is 6.10. The molecular formula is C19H17FN4OS. The maximum absolute atomic E-state index is 12.9. The van der Waals surface area contributed by atoms with Crippen LogP contribution in [0.3, 0.4) is 0 Å². The number of nitrogens with one attached hydrogen (secondary N) is 1. The second-order valence-corrected chi connectivity index (χ2v) is 6.96. The summed E-state index contributed by atoms with van der Waals surface area (Å²) in [6, 6.07) is 9.62. The number of aromatic nitrogens is 2. The first kappa shape index (κ1) is 16.7. The Morgan fingerprint density at radius 2 is 1.88 bits per heavy atom. The van der Waals surface area contributed by atoms with Crippen LogP contribution in [0.5, 0.6) is 0 Å². The Kier molecular flexibility index (Phi) is 4.62. The molecule has 4 rings (SSSR count). The molecular weight excluding hydrogens is 351 g/mol. The van der Waals surface area contributed by atoms with E-state index in [9.17, 15) is 9.18 Å². The molecule has 0 aliphatic carbocycles. The predicted molar refractivity (Wildman–Crippen MR) is 101 cm³/mol. The van der Waals surface area contributed by atoms with Crippen LogP contribution in [0.2, 0.25) is 0 Å². The summed E-state index contributed by atoms with van der Waals surface area (Å²) < 4.78 is 12.9. The molecule has 2 aromatic heterocycles. The Balaban J connectivity index is 1.46. The Bertz CT molecular complexity index is 902. The Hall–Kier alpha value is -2.80. The number of halogens is 1. The first-order valence-corrected chi connectivity index (χ1v) is 9.31. The van der Waals surface area contributed by atoms with E-state index in [1.54, 1.807) is 11.6 Å². The monoisotopic (exact) mass is 368 g/mol. The minimum Gasteiger partial charge on any atom is -0.357 e. The molecule has 1 N–H and O–H groups in total. The van der Waals surface area contributed by atoms with Gasteiger partial charge in [0.05, 0.1) is 0 Å². The van der Waals surface area contributed by atoms with E-state index in [0.29, 0.717) is 11.4 Å². The SMILES string of the molecule is O=C(Nc1ccc(F)cc1)c1csc(-c2ccc(N3CCCC3)nc2)n1. The molecule has 0 atom stereocenters. The van der Waals surface area contributed by atoms with Gasteiger partial charge in [-0.05, 0) is 49.2 Å². The number of carbonyl (C=O) groups is 1. The van der Waals surface area contributed by atoms with Gasteiger partial charge in [0.2, 0.25) is 0 Å². The Morgan fingerprint density at radius 3 is 2.58 bits per heavy atom. The van der Waals surface area contributed by atoms with E-state index in [-0.39, 0.29) is 11.7 Å². The zero-order valence-corrected chi connectivity index (χ0v) is 14.8. The normalized spacial score (nSPS) is 13.8. The second kappa shape index (κ2) is 7.21. The summed E-state index contributed by atoms with van der Waals surface area (Å²) in [7, 11) is 0. The molecule has 0 bridgehead atoms. The van der Waals surface area contributed by atoms with Gasteiger partial charge in [0.25, 0.3) is 5.91 Å². The molecule has 1 aromatic carbocycles. The minimum atomic E-state index is -0.344. The lowest BCUT2D eigenvalue weighted by atomic mass is 10.3. The van der Waals surface area contributed by atoms with Crippen molar-refractivity contribution in [2.75, 3.05) is 23.3 Å². The number of anilines is 2. The van der Waals surface area contributed by atoms with Gasteiger partial charge in [-0.3, -0.25) is 4.79 Å². The molecule has 26 heavy (non-hydrogen) atoms. The third-order valence-corrected chi connectivity index (χ3v) is 5.16. The van der Waals surface area contributed by atoms with Crippen LogP contribution in [0.15, 0.2) is 48.0 Å². The first-order chi connectivity index (χ1) is 12.7. The van der Waals surface area contributed by atoms with Crippen LogP contribution in [0.25, 0.3) is 10.6 Å². The van der Waals surface area contributed by atoms with Gasteiger partial charge in [-0.2, -0.15) is 0 Å². The zero-order valence-electron chi connectivity index (χ0n) is 14.0. The minimum absolute atomic E-state index is 0.319. The van der Waals surface area contributed by atoms with E-state index in [4.69, 9.17) is 0 Å². The molecule has 3 heterocycles. The number of benzene rings is 1. The molecule has 3 aromatic rings. The van der Waals surface area contributed by atoms with Gasteiger partial charge in [-0.25, -0.2) is 14.4 Å². The van der Waals surface area contributed by atoms with Crippen molar-refractivity contribution in [2.24, 2.45) is 0 Å². The van der Waals surface area contributed by atoms with Gasteiger partial charge in [0.1, 0.15) is 22.3 Å². The van der Waals surface area contributed by atoms with Gasteiger partial charge in [-0.1, -0.05) is 0 Å². The van der Waals surface area contributed by atoms with Crippen LogP contribution in [0.1, 0.15) is 23.3 Å². The highest BCUT2D eigenvalue weighted by Crippen LogP contribution is 2.26. The van der Waals surface area contributed by atoms with E-state index in [1.807, 2.05) is 12.1 Å². The quantitative estimate of drug-likeness (QED) is 0.750. The lowest BCUT2D eigenvalue weighted by Crippen LogP contribution is -2.18. The average molecular weight is 368 g/mol. The van der Waals surface area contributed by atoms with Crippen LogP contribution in [0.4, 0.5) is 15.9 Å². The summed E-state index contributed by atoms with van der Waals surface area (Å²) in [6.45, 7) is 2.11. The summed E-state index contributed by atoms with van der Waals surface area (Å²) >= 11 is 1.40. The summed E-state index contributed by atoms with van der Waals surface area (Å²) in [4.78, 5) is 23.5. The largest absolute Gasteiger partial charge is 0.357 e. The van der Waals surface area contributed by atoms with Gasteiger partial charge >= 0.3 is 0 Å². The maximum atomic E-state index is 12.9. The number of amides is 1. The smallest absolute Gasteiger partial charge is 0.275 e. The molecule has 0 radical (unpaired) electrons. The van der Waals surface area contributed by atoms with E-state index in [2.05, 4.69) is 20.2 Å². The zero-order chi connectivity index (χ0) is 17.9. The van der Waals surface area contributed by atoms with Crippen molar-refractivity contribution in [1.82, 2.24) is 9.97 Å². The maximum Gasteiger partial charge on any atom is 0.275 e. The first-order valence-electron chi connectivity index (χ1n) is 8.43. The highest BCUT2D eigenvalue weighted by molar-refractivity contribution is 7.13. The van der Waals surface area contributed by atoms with E-state index in [1.165, 1.54) is 48.4 Å². The standard InChI is InChI=1S/C19H17FN4OS/c20-14-4-6-15(7-5-14)22-18(25)16-12-26-19(23-16)13-3-8-17(21-11-13)24-9-1-2-10-24/h3-8,11-12H,1-2,9-10H2,(H,22,25). The van der Waals surface area contributed by atoms with Crippen molar-refractivity contribution >= 4 is 28.7 Å². The Labute approximate surface area is 154 Å². The summed E-state index contributed by atoms with van der Waals surface area (Å²) in [5.74, 6) is 0.321. The lowest BCUT2D eigenvalue weighted by molar-refractivity contribution is 0.102. The van der Waals surface area contributed by atoms with Crippen molar-refractivity contribution in [2.45, 2.75) is 12.8 Å². The van der Waals surface area contributed by atoms with Gasteiger partial charge in [-0.15, -0.1) is 11.3 Å². The fraction of sp³-hybridized carbons (Fsp3) is 0.211. The third-order valence-electron chi connectivity index (χ3n) is 4.26. The van der Waals surface area contributed by atoms with Gasteiger partial charge < -0.3 is 10.2 Å². The molecule has 132 valence electrons. The van der Waals surface area contributed by atoms with E-state index < -0.39 is 0 Å². The number of nitrogens with zero attached hydrogens (tertiary/aromatic N) is 3. The topological polar surface area (TPSA) is 58.1 Å². The number of hydrogen-bond donors (Lipinski definition) is 1. The molecule has 0 unspecified atom stereocenters. The number of hydrogen-bond acceptors (Lipinski definition) is 5. The number of carbonyl (C=O) groups excluding carboxylic acids is 1. The van der Waals surface area contributed by atoms with Crippen molar-refractivity contribution in [3.63, 3.8) is 0 Å². The average Bonchev–Trinajstić information content (AvgIpc) is 3.36.